The second-order valence-corrected chi connectivity index (χ2v) is 5.64. The molecule has 0 heterocycles. The molecule has 0 aliphatic heterocycles. The van der Waals surface area contributed by atoms with Gasteiger partial charge in [0.15, 0.2) is 0 Å². The van der Waals surface area contributed by atoms with Gasteiger partial charge in [0, 0.05) is 24.4 Å². The summed E-state index contributed by atoms with van der Waals surface area (Å²) in [5, 5.41) is 0. The second-order valence-electron chi connectivity index (χ2n) is 4.73. The van der Waals surface area contributed by atoms with Gasteiger partial charge in [-0.25, -0.2) is 0 Å². The van der Waals surface area contributed by atoms with Crippen molar-refractivity contribution in [3.8, 4) is 0 Å². The van der Waals surface area contributed by atoms with Crippen LogP contribution in [0.1, 0.15) is 25.3 Å². The van der Waals surface area contributed by atoms with Gasteiger partial charge in [-0.15, -0.1) is 0 Å². The van der Waals surface area contributed by atoms with Gasteiger partial charge in [-0.1, -0.05) is 28.1 Å². The topological polar surface area (TPSA) is 35.5 Å². The van der Waals surface area contributed by atoms with Gasteiger partial charge in [0.1, 0.15) is 5.60 Å². The lowest BCUT2D eigenvalue weighted by Gasteiger charge is -2.52. The van der Waals surface area contributed by atoms with Crippen LogP contribution >= 0.6 is 15.9 Å². The first-order valence-corrected chi connectivity index (χ1v) is 6.26. The van der Waals surface area contributed by atoms with Crippen LogP contribution in [0.3, 0.4) is 0 Å². The van der Waals surface area contributed by atoms with Gasteiger partial charge in [0.2, 0.25) is 0 Å². The van der Waals surface area contributed by atoms with E-state index in [9.17, 15) is 4.79 Å². The Morgan fingerprint density at radius 3 is 2.65 bits per heavy atom. The molecule has 0 amide bonds. The lowest BCUT2D eigenvalue weighted by atomic mass is 9.64. The molecule has 1 fully saturated rings. The average Bonchev–Trinajstić information content (AvgIpc) is 2.27. The maximum atomic E-state index is 10.7. The van der Waals surface area contributed by atoms with E-state index in [0.717, 1.165) is 10.0 Å². The Kier molecular flexibility index (Phi) is 3.27. The van der Waals surface area contributed by atoms with E-state index in [-0.39, 0.29) is 5.60 Å². The fourth-order valence-electron chi connectivity index (χ4n) is 2.52. The third kappa shape index (κ3) is 2.24. The van der Waals surface area contributed by atoms with E-state index in [1.165, 1.54) is 0 Å². The molecule has 0 atom stereocenters. The molecule has 1 aromatic rings. The Balaban J connectivity index is 2.29. The Hall–Kier alpha value is -0.870. The van der Waals surface area contributed by atoms with Crippen LogP contribution in [0.25, 0.3) is 0 Å². The summed E-state index contributed by atoms with van der Waals surface area (Å²) < 4.78 is 11.7. The molecule has 1 aliphatic carbocycles. The average molecular weight is 299 g/mol. The summed E-state index contributed by atoms with van der Waals surface area (Å²) in [6.45, 7) is 2.55. The molecule has 1 aromatic carbocycles. The number of carbonyl (C=O) groups excluding carboxylic acids is 1. The smallest absolute Gasteiger partial charge is 0.293 e. The molecule has 17 heavy (non-hydrogen) atoms. The number of methoxy groups -OCH3 is 1. The summed E-state index contributed by atoms with van der Waals surface area (Å²) >= 11 is 3.43. The lowest BCUT2D eigenvalue weighted by molar-refractivity contribution is -0.208. The fourth-order valence-corrected chi connectivity index (χ4v) is 2.92. The zero-order chi connectivity index (χ0) is 12.5. The van der Waals surface area contributed by atoms with Crippen LogP contribution in [-0.4, -0.2) is 19.2 Å². The van der Waals surface area contributed by atoms with E-state index in [0.29, 0.717) is 19.3 Å². The van der Waals surface area contributed by atoms with Crippen molar-refractivity contribution in [1.29, 1.82) is 0 Å². The number of hydrogen-bond donors (Lipinski definition) is 0. The second kappa shape index (κ2) is 4.42. The van der Waals surface area contributed by atoms with E-state index >= 15 is 0 Å². The Labute approximate surface area is 109 Å². The highest BCUT2D eigenvalue weighted by Gasteiger charge is 2.55. The van der Waals surface area contributed by atoms with Gasteiger partial charge in [0.05, 0.1) is 5.60 Å². The largest absolute Gasteiger partial charge is 0.456 e. The van der Waals surface area contributed by atoms with Crippen molar-refractivity contribution >= 4 is 22.4 Å². The molecule has 1 saturated carbocycles. The minimum absolute atomic E-state index is 0.203. The Bertz CT molecular complexity index is 424. The fraction of sp³-hybridized carbons (Fsp3) is 0.462. The van der Waals surface area contributed by atoms with Gasteiger partial charge in [-0.3, -0.25) is 4.79 Å². The number of benzene rings is 1. The molecule has 4 heteroatoms. The van der Waals surface area contributed by atoms with Crippen molar-refractivity contribution in [3.05, 3.63) is 34.3 Å². The zero-order valence-electron chi connectivity index (χ0n) is 9.90. The number of halogens is 1. The van der Waals surface area contributed by atoms with E-state index in [1.54, 1.807) is 7.11 Å². The van der Waals surface area contributed by atoms with Crippen LogP contribution in [-0.2, 0) is 19.9 Å². The maximum Gasteiger partial charge on any atom is 0.293 e. The predicted molar refractivity (Wildman–Crippen MR) is 67.6 cm³/mol. The maximum absolute atomic E-state index is 10.7. The standard InChI is InChI=1S/C13H15BrO3/c1-12(16-2)7-13(8-12,17-9-15)10-4-3-5-11(14)6-10/h3-6,9H,7-8H2,1-2H3. The summed E-state index contributed by atoms with van der Waals surface area (Å²) in [4.78, 5) is 10.7. The third-order valence-corrected chi connectivity index (χ3v) is 3.93. The van der Waals surface area contributed by atoms with Crippen molar-refractivity contribution in [2.75, 3.05) is 7.11 Å². The molecule has 1 aliphatic rings. The Morgan fingerprint density at radius 2 is 2.12 bits per heavy atom. The molecule has 0 bridgehead atoms. The van der Waals surface area contributed by atoms with Crippen LogP contribution < -0.4 is 0 Å². The molecule has 0 N–H and O–H groups in total. The van der Waals surface area contributed by atoms with Crippen molar-refractivity contribution in [2.24, 2.45) is 0 Å². The molecular weight excluding hydrogens is 284 g/mol. The van der Waals surface area contributed by atoms with E-state index in [2.05, 4.69) is 15.9 Å². The van der Waals surface area contributed by atoms with Gasteiger partial charge < -0.3 is 9.47 Å². The van der Waals surface area contributed by atoms with Crippen LogP contribution in [0.2, 0.25) is 0 Å². The highest BCUT2D eigenvalue weighted by molar-refractivity contribution is 9.10. The minimum atomic E-state index is -0.531. The number of rotatable bonds is 4. The summed E-state index contributed by atoms with van der Waals surface area (Å²) in [5.41, 5.74) is 0.273. The first kappa shape index (κ1) is 12.6. The molecule has 0 spiro atoms. The van der Waals surface area contributed by atoms with Crippen molar-refractivity contribution in [2.45, 2.75) is 31.0 Å². The van der Waals surface area contributed by atoms with Crippen LogP contribution in [0, 0.1) is 0 Å². The van der Waals surface area contributed by atoms with E-state index < -0.39 is 5.60 Å². The van der Waals surface area contributed by atoms with Gasteiger partial charge in [-0.2, -0.15) is 0 Å². The van der Waals surface area contributed by atoms with Gasteiger partial charge >= 0.3 is 0 Å². The molecule has 0 saturated heterocycles. The first-order valence-electron chi connectivity index (χ1n) is 5.46. The molecule has 92 valence electrons. The molecule has 0 radical (unpaired) electrons. The third-order valence-electron chi connectivity index (χ3n) is 3.44. The van der Waals surface area contributed by atoms with Crippen LogP contribution in [0.5, 0.6) is 0 Å². The van der Waals surface area contributed by atoms with E-state index in [4.69, 9.17) is 9.47 Å². The summed E-state index contributed by atoms with van der Waals surface area (Å²) in [6, 6.07) is 7.85. The van der Waals surface area contributed by atoms with Crippen LogP contribution in [0.4, 0.5) is 0 Å². The predicted octanol–water partition coefficient (Wildman–Crippen LogP) is 3.02. The molecule has 0 aromatic heterocycles. The van der Waals surface area contributed by atoms with Gasteiger partial charge in [-0.05, 0) is 24.6 Å². The molecular formula is C13H15BrO3. The number of carbonyl (C=O) groups is 1. The highest BCUT2D eigenvalue weighted by Crippen LogP contribution is 2.52. The summed E-state index contributed by atoms with van der Waals surface area (Å²) in [5.74, 6) is 0. The van der Waals surface area contributed by atoms with Gasteiger partial charge in [0.25, 0.3) is 6.47 Å². The lowest BCUT2D eigenvalue weighted by Crippen LogP contribution is -2.55. The van der Waals surface area contributed by atoms with Crippen molar-refractivity contribution < 1.29 is 14.3 Å². The summed E-state index contributed by atoms with van der Waals surface area (Å²) in [7, 11) is 1.69. The van der Waals surface area contributed by atoms with Crippen LogP contribution in [0.15, 0.2) is 28.7 Å². The summed E-state index contributed by atoms with van der Waals surface area (Å²) in [6.07, 6.45) is 1.37. The monoisotopic (exact) mass is 298 g/mol. The SMILES string of the molecule is COC1(C)CC(OC=O)(c2cccc(Br)c2)C1. The van der Waals surface area contributed by atoms with Crippen molar-refractivity contribution in [1.82, 2.24) is 0 Å². The molecule has 0 unspecified atom stereocenters. The minimum Gasteiger partial charge on any atom is -0.456 e. The van der Waals surface area contributed by atoms with E-state index in [1.807, 2.05) is 31.2 Å². The number of ether oxygens (including phenoxy) is 2. The Morgan fingerprint density at radius 1 is 1.41 bits per heavy atom. The zero-order valence-corrected chi connectivity index (χ0v) is 11.5. The molecule has 3 nitrogen and oxygen atoms in total. The quantitative estimate of drug-likeness (QED) is 0.802. The number of hydrogen-bond acceptors (Lipinski definition) is 3. The normalized spacial score (nSPS) is 31.7. The highest BCUT2D eigenvalue weighted by atomic mass is 79.9. The molecule has 2 rings (SSSR count). The first-order chi connectivity index (χ1) is 8.03. The van der Waals surface area contributed by atoms with Crippen molar-refractivity contribution in [3.63, 3.8) is 0 Å².